The Balaban J connectivity index is 0. The van der Waals surface area contributed by atoms with Gasteiger partial charge in [0.25, 0.3) is 0 Å². The van der Waals surface area contributed by atoms with Crippen LogP contribution in [0, 0.1) is 0 Å². The Labute approximate surface area is 119 Å². The van der Waals surface area contributed by atoms with Gasteiger partial charge in [-0.1, -0.05) is 0 Å². The van der Waals surface area contributed by atoms with Gasteiger partial charge >= 0.3 is 72.1 Å². The Morgan fingerprint density at radius 3 is 1.81 bits per heavy atom. The predicted octanol–water partition coefficient (Wildman–Crippen LogP) is -0.996. The van der Waals surface area contributed by atoms with Gasteiger partial charge in [0.1, 0.15) is 0 Å². The maximum absolute atomic E-state index is 9.43. The van der Waals surface area contributed by atoms with Crippen LogP contribution >= 0.6 is 0 Å². The third kappa shape index (κ3) is 9.05. The van der Waals surface area contributed by atoms with E-state index in [1.54, 1.807) is 14.1 Å². The van der Waals surface area contributed by atoms with Crippen molar-refractivity contribution in [2.45, 2.75) is 18.4 Å². The Morgan fingerprint density at radius 1 is 1.19 bits per heavy atom. The fraction of sp³-hybridized carbons (Fsp3) is 0.417. The first kappa shape index (κ1) is 18.2. The minimum Gasteiger partial charge on any atom is -1.00 e. The van der Waals surface area contributed by atoms with Gasteiger partial charge in [0, 0.05) is 14.1 Å². The van der Waals surface area contributed by atoms with Gasteiger partial charge in [-0.2, -0.15) is 0 Å². The molecule has 1 amide bonds. The molecular weight excluding hydrogens is 319 g/mol. The number of hydrogen-bond donors (Lipinski definition) is 0. The van der Waals surface area contributed by atoms with Crippen molar-refractivity contribution in [1.82, 2.24) is 4.90 Å². The quantitative estimate of drug-likeness (QED) is 0.512. The summed E-state index contributed by atoms with van der Waals surface area (Å²) in [6.45, 7) is 2.19. The maximum Gasteiger partial charge on any atom is 0.209 e. The van der Waals surface area contributed by atoms with E-state index in [9.17, 15) is 4.79 Å². The minimum atomic E-state index is 0. The van der Waals surface area contributed by atoms with Crippen LogP contribution in [0.5, 0.6) is 0 Å². The van der Waals surface area contributed by atoms with E-state index in [0.717, 1.165) is 12.8 Å². The SMILES string of the molecule is CCc1ccc([CH2][Zn+])cc1.CN(C)C=O.[Br-]. The van der Waals surface area contributed by atoms with E-state index in [1.807, 2.05) is 0 Å². The van der Waals surface area contributed by atoms with Crippen molar-refractivity contribution in [2.24, 2.45) is 0 Å². The van der Waals surface area contributed by atoms with E-state index in [2.05, 4.69) is 31.2 Å². The topological polar surface area (TPSA) is 20.3 Å². The Bertz CT molecular complexity index is 252. The van der Waals surface area contributed by atoms with Crippen molar-refractivity contribution >= 4 is 6.41 Å². The molecule has 0 fully saturated rings. The second-order valence-corrected chi connectivity index (χ2v) is 4.54. The molecule has 2 nitrogen and oxygen atoms in total. The van der Waals surface area contributed by atoms with Crippen LogP contribution in [-0.2, 0) is 34.5 Å². The van der Waals surface area contributed by atoms with Crippen LogP contribution in [0.2, 0.25) is 0 Å². The number of aryl methyl sites for hydroxylation is 1. The second kappa shape index (κ2) is 11.3. The average molecular weight is 338 g/mol. The van der Waals surface area contributed by atoms with Gasteiger partial charge in [0.15, 0.2) is 0 Å². The van der Waals surface area contributed by atoms with Crippen LogP contribution in [0.1, 0.15) is 18.1 Å². The molecule has 86 valence electrons. The molecular formula is C12H18BrNOZn. The van der Waals surface area contributed by atoms with Crippen LogP contribution < -0.4 is 17.0 Å². The number of carbonyl (C=O) groups excluding carboxylic acids is 1. The molecule has 0 unspecified atom stereocenters. The van der Waals surface area contributed by atoms with E-state index in [-0.39, 0.29) is 17.0 Å². The van der Waals surface area contributed by atoms with Gasteiger partial charge in [0.2, 0.25) is 6.41 Å². The van der Waals surface area contributed by atoms with Gasteiger partial charge in [-0.15, -0.1) is 0 Å². The second-order valence-electron chi connectivity index (χ2n) is 3.49. The number of rotatable bonds is 3. The minimum absolute atomic E-state index is 0. The monoisotopic (exact) mass is 335 g/mol. The standard InChI is InChI=1S/C9H11.C3H7NO.BrH.Zn/c1-3-9-6-4-8(2)5-7-9;1-4(2)3-5;;/h4-7H,2-3H2,1H3;3H,1-2H3;1H;/q;;;+1/p-1. The van der Waals surface area contributed by atoms with Gasteiger partial charge in [-0.25, -0.2) is 0 Å². The fourth-order valence-corrected chi connectivity index (χ4v) is 1.64. The molecule has 0 aliphatic rings. The van der Waals surface area contributed by atoms with Crippen molar-refractivity contribution in [3.8, 4) is 0 Å². The fourth-order valence-electron chi connectivity index (χ4n) is 0.942. The first-order chi connectivity index (χ1) is 7.13. The summed E-state index contributed by atoms with van der Waals surface area (Å²) in [6, 6.07) is 8.93. The van der Waals surface area contributed by atoms with Crippen molar-refractivity contribution < 1.29 is 40.1 Å². The molecule has 0 spiro atoms. The molecule has 0 aliphatic carbocycles. The molecule has 1 aromatic carbocycles. The molecule has 0 bridgehead atoms. The summed E-state index contributed by atoms with van der Waals surface area (Å²) in [6.07, 6.45) is 1.90. The van der Waals surface area contributed by atoms with E-state index < -0.39 is 0 Å². The molecule has 1 rings (SSSR count). The first-order valence-corrected chi connectivity index (χ1v) is 7.22. The maximum atomic E-state index is 9.43. The van der Waals surface area contributed by atoms with Gasteiger partial charge in [-0.3, -0.25) is 4.79 Å². The molecule has 0 N–H and O–H groups in total. The predicted molar refractivity (Wildman–Crippen MR) is 59.3 cm³/mol. The van der Waals surface area contributed by atoms with Crippen molar-refractivity contribution in [3.05, 3.63) is 35.4 Å². The number of benzene rings is 1. The number of hydrogen-bond acceptors (Lipinski definition) is 1. The van der Waals surface area contributed by atoms with Crippen LogP contribution in [0.3, 0.4) is 0 Å². The molecule has 0 saturated carbocycles. The smallest absolute Gasteiger partial charge is 0.209 e. The van der Waals surface area contributed by atoms with Gasteiger partial charge in [-0.05, 0) is 0 Å². The zero-order chi connectivity index (χ0) is 11.7. The third-order valence-corrected chi connectivity index (χ3v) is 3.14. The summed E-state index contributed by atoms with van der Waals surface area (Å²) < 4.78 is 0. The molecule has 0 atom stereocenters. The van der Waals surface area contributed by atoms with E-state index >= 15 is 0 Å². The van der Waals surface area contributed by atoms with Crippen molar-refractivity contribution in [3.63, 3.8) is 0 Å². The van der Waals surface area contributed by atoms with Gasteiger partial charge < -0.3 is 21.9 Å². The summed E-state index contributed by atoms with van der Waals surface area (Å²) in [7, 11) is 3.38. The molecule has 0 saturated heterocycles. The molecule has 4 heteroatoms. The van der Waals surface area contributed by atoms with Crippen LogP contribution in [0.25, 0.3) is 0 Å². The number of amides is 1. The molecule has 0 aliphatic heterocycles. The van der Waals surface area contributed by atoms with Crippen molar-refractivity contribution in [1.29, 1.82) is 0 Å². The van der Waals surface area contributed by atoms with Crippen LogP contribution in [-0.4, -0.2) is 25.4 Å². The zero-order valence-corrected chi connectivity index (χ0v) is 14.8. The average Bonchev–Trinajstić information content (AvgIpc) is 2.30. The largest absolute Gasteiger partial charge is 1.00 e. The molecule has 0 aromatic heterocycles. The number of halogens is 1. The van der Waals surface area contributed by atoms with E-state index in [0.29, 0.717) is 0 Å². The zero-order valence-electron chi connectivity index (χ0n) is 10.2. The first-order valence-electron chi connectivity index (χ1n) is 5.12. The third-order valence-electron chi connectivity index (χ3n) is 1.93. The van der Waals surface area contributed by atoms with Crippen molar-refractivity contribution in [2.75, 3.05) is 14.1 Å². The summed E-state index contributed by atoms with van der Waals surface area (Å²) in [4.78, 5) is 10.9. The summed E-state index contributed by atoms with van der Waals surface area (Å²) in [5.41, 5.74) is 2.93. The van der Waals surface area contributed by atoms with Crippen LogP contribution in [0.15, 0.2) is 24.3 Å². The molecule has 0 heterocycles. The van der Waals surface area contributed by atoms with Crippen LogP contribution in [0.4, 0.5) is 0 Å². The van der Waals surface area contributed by atoms with Gasteiger partial charge in [0.05, 0.1) is 0 Å². The Morgan fingerprint density at radius 2 is 1.56 bits per heavy atom. The summed E-state index contributed by atoms with van der Waals surface area (Å²) in [5.74, 6) is 0. The Hall–Kier alpha value is -0.207. The normalized spacial score (nSPS) is 8.31. The summed E-state index contributed by atoms with van der Waals surface area (Å²) in [5, 5.41) is 1.27. The summed E-state index contributed by atoms with van der Waals surface area (Å²) >= 11 is 1.37. The van der Waals surface area contributed by atoms with E-state index in [4.69, 9.17) is 0 Å². The number of carbonyl (C=O) groups is 1. The molecule has 1 aromatic rings. The van der Waals surface area contributed by atoms with E-state index in [1.165, 1.54) is 39.3 Å². The molecule has 16 heavy (non-hydrogen) atoms. The number of nitrogens with zero attached hydrogens (tertiary/aromatic N) is 1. The Kier molecular flexibility index (Phi) is 12.8. The molecule has 0 radical (unpaired) electrons.